The van der Waals surface area contributed by atoms with Crippen molar-refractivity contribution in [2.24, 2.45) is 0 Å². The number of nitrogens with zero attached hydrogens (tertiary/aromatic N) is 2. The van der Waals surface area contributed by atoms with E-state index in [-0.39, 0.29) is 11.3 Å². The van der Waals surface area contributed by atoms with Crippen LogP contribution in [0.25, 0.3) is 16.0 Å². The number of aliphatic hydroxyl groups is 1. The molecule has 0 radical (unpaired) electrons. The van der Waals surface area contributed by atoms with Gasteiger partial charge >= 0.3 is 5.91 Å². The van der Waals surface area contributed by atoms with E-state index in [1.807, 2.05) is 39.0 Å². The maximum Gasteiger partial charge on any atom is 0.301 e. The lowest BCUT2D eigenvalue weighted by molar-refractivity contribution is -0.132. The first kappa shape index (κ1) is 29.3. The fourth-order valence-corrected chi connectivity index (χ4v) is 6.26. The van der Waals surface area contributed by atoms with Crippen molar-refractivity contribution in [2.75, 3.05) is 37.9 Å². The molecule has 3 aromatic carbocycles. The van der Waals surface area contributed by atoms with E-state index in [0.717, 1.165) is 11.1 Å². The Morgan fingerprint density at radius 1 is 0.932 bits per heavy atom. The van der Waals surface area contributed by atoms with Gasteiger partial charge in [0.05, 0.1) is 41.7 Å². The van der Waals surface area contributed by atoms with Crippen LogP contribution in [-0.2, 0) is 9.59 Å². The van der Waals surface area contributed by atoms with Crippen molar-refractivity contribution < 1.29 is 38.4 Å². The molecule has 2 aliphatic rings. The van der Waals surface area contributed by atoms with Crippen LogP contribution in [0.4, 0.5) is 5.13 Å². The van der Waals surface area contributed by atoms with Crippen molar-refractivity contribution in [3.63, 3.8) is 0 Å². The second-order valence-corrected chi connectivity index (χ2v) is 11.1. The van der Waals surface area contributed by atoms with E-state index in [1.165, 1.54) is 16.2 Å². The van der Waals surface area contributed by atoms with Crippen molar-refractivity contribution >= 4 is 44.1 Å². The standard InChI is InChI=1S/C33H32N2O8S/c1-4-13-41-23-11-7-19(16-25(23)40-6-3)29-28(30(36)20-8-12-24-26(17-20)43-15-14-42-24)31(37)32(38)35(29)33-34-22-10-9-21(39-5-2)18-27(22)44-33/h7-12,16-18,29,36H,4-6,13-15H2,1-3H3/b30-28-. The number of rotatable bonds is 10. The summed E-state index contributed by atoms with van der Waals surface area (Å²) >= 11 is 1.26. The SMILES string of the molecule is CCCOc1ccc(C2/C(=C(/O)c3ccc4c(c3)OCCO4)C(=O)C(=O)N2c2nc3ccc(OCC)cc3s2)cc1OCC. The Kier molecular flexibility index (Phi) is 8.30. The molecule has 2 aliphatic heterocycles. The van der Waals surface area contributed by atoms with Gasteiger partial charge in [0.25, 0.3) is 5.78 Å². The molecule has 0 aliphatic carbocycles. The van der Waals surface area contributed by atoms with E-state index in [1.54, 1.807) is 36.4 Å². The summed E-state index contributed by atoms with van der Waals surface area (Å²) in [5.74, 6) is 0.698. The van der Waals surface area contributed by atoms with Crippen molar-refractivity contribution in [3.8, 4) is 28.7 Å². The highest BCUT2D eigenvalue weighted by atomic mass is 32.1. The molecule has 1 fully saturated rings. The monoisotopic (exact) mass is 616 g/mol. The summed E-state index contributed by atoms with van der Waals surface area (Å²) in [7, 11) is 0. The smallest absolute Gasteiger partial charge is 0.301 e. The number of benzene rings is 3. The Bertz CT molecular complexity index is 1760. The lowest BCUT2D eigenvalue weighted by Crippen LogP contribution is -2.29. The number of fused-ring (bicyclic) bond motifs is 2. The van der Waals surface area contributed by atoms with Crippen LogP contribution in [0.3, 0.4) is 0 Å². The zero-order valence-electron chi connectivity index (χ0n) is 24.6. The Morgan fingerprint density at radius 2 is 1.73 bits per heavy atom. The molecule has 10 nitrogen and oxygen atoms in total. The number of anilines is 1. The third kappa shape index (κ3) is 5.39. The number of hydrogen-bond acceptors (Lipinski definition) is 10. The molecule has 4 aromatic rings. The van der Waals surface area contributed by atoms with Crippen LogP contribution in [0.15, 0.2) is 60.2 Å². The first-order valence-electron chi connectivity index (χ1n) is 14.6. The summed E-state index contributed by atoms with van der Waals surface area (Å²) in [6.45, 7) is 7.93. The number of ketones is 1. The van der Waals surface area contributed by atoms with E-state index in [9.17, 15) is 14.7 Å². The molecular weight excluding hydrogens is 584 g/mol. The van der Waals surface area contributed by atoms with Gasteiger partial charge in [0, 0.05) is 5.56 Å². The maximum atomic E-state index is 13.8. The number of aromatic nitrogens is 1. The third-order valence-electron chi connectivity index (χ3n) is 7.17. The minimum atomic E-state index is -1.01. The number of thiazole rings is 1. The van der Waals surface area contributed by atoms with Gasteiger partial charge in [-0.1, -0.05) is 24.3 Å². The first-order chi connectivity index (χ1) is 21.4. The van der Waals surface area contributed by atoms with E-state index in [0.29, 0.717) is 83.6 Å². The summed E-state index contributed by atoms with van der Waals surface area (Å²) in [5, 5.41) is 12.0. The van der Waals surface area contributed by atoms with E-state index in [2.05, 4.69) is 0 Å². The molecule has 1 atom stereocenters. The topological polar surface area (TPSA) is 117 Å². The number of carbonyl (C=O) groups is 2. The van der Waals surface area contributed by atoms with Crippen molar-refractivity contribution in [1.29, 1.82) is 0 Å². The lowest BCUT2D eigenvalue weighted by Gasteiger charge is -2.24. The van der Waals surface area contributed by atoms with Gasteiger partial charge in [-0.2, -0.15) is 0 Å². The van der Waals surface area contributed by atoms with E-state index < -0.39 is 17.7 Å². The van der Waals surface area contributed by atoms with E-state index in [4.69, 9.17) is 28.7 Å². The van der Waals surface area contributed by atoms with Gasteiger partial charge in [-0.3, -0.25) is 14.5 Å². The summed E-state index contributed by atoms with van der Waals surface area (Å²) in [6.07, 6.45) is 0.811. The molecule has 1 amide bonds. The second kappa shape index (κ2) is 12.5. The first-order valence-corrected chi connectivity index (χ1v) is 15.4. The predicted molar refractivity (Wildman–Crippen MR) is 166 cm³/mol. The normalized spacial score (nSPS) is 17.2. The zero-order chi connectivity index (χ0) is 30.8. The van der Waals surface area contributed by atoms with Crippen LogP contribution in [0.2, 0.25) is 0 Å². The number of hydrogen-bond donors (Lipinski definition) is 1. The Balaban J connectivity index is 1.52. The summed E-state index contributed by atoms with van der Waals surface area (Å²) < 4.78 is 29.6. The minimum Gasteiger partial charge on any atom is -0.507 e. The number of carbonyl (C=O) groups excluding carboxylic acids is 2. The molecule has 228 valence electrons. The van der Waals surface area contributed by atoms with Gasteiger partial charge in [0.2, 0.25) is 0 Å². The Hall–Kier alpha value is -4.77. The maximum absolute atomic E-state index is 13.8. The van der Waals surface area contributed by atoms with Gasteiger partial charge in [0.15, 0.2) is 28.1 Å². The second-order valence-electron chi connectivity index (χ2n) is 10.1. The molecule has 11 heteroatoms. The molecule has 1 saturated heterocycles. The highest BCUT2D eigenvalue weighted by Crippen LogP contribution is 2.46. The quantitative estimate of drug-likeness (QED) is 0.125. The minimum absolute atomic E-state index is 0.0781. The van der Waals surface area contributed by atoms with Gasteiger partial charge in [-0.15, -0.1) is 0 Å². The van der Waals surface area contributed by atoms with Gasteiger partial charge in [0.1, 0.15) is 24.7 Å². The summed E-state index contributed by atoms with van der Waals surface area (Å²) in [6, 6.07) is 14.7. The summed E-state index contributed by atoms with van der Waals surface area (Å²) in [5.41, 5.74) is 1.44. The molecule has 44 heavy (non-hydrogen) atoms. The largest absolute Gasteiger partial charge is 0.507 e. The van der Waals surface area contributed by atoms with Crippen molar-refractivity contribution in [3.05, 3.63) is 71.3 Å². The highest BCUT2D eigenvalue weighted by Gasteiger charge is 2.48. The van der Waals surface area contributed by atoms with Gasteiger partial charge in [-0.25, -0.2) is 4.98 Å². The third-order valence-corrected chi connectivity index (χ3v) is 8.19. The van der Waals surface area contributed by atoms with Crippen LogP contribution >= 0.6 is 11.3 Å². The number of ether oxygens (including phenoxy) is 5. The molecule has 0 bridgehead atoms. The molecule has 1 N–H and O–H groups in total. The van der Waals surface area contributed by atoms with Crippen LogP contribution in [-0.4, -0.2) is 54.8 Å². The molecule has 0 saturated carbocycles. The van der Waals surface area contributed by atoms with Crippen LogP contribution in [0, 0.1) is 0 Å². The summed E-state index contributed by atoms with van der Waals surface area (Å²) in [4.78, 5) is 33.7. The van der Waals surface area contributed by atoms with Crippen molar-refractivity contribution in [2.45, 2.75) is 33.2 Å². The van der Waals surface area contributed by atoms with Crippen LogP contribution < -0.4 is 28.6 Å². The van der Waals surface area contributed by atoms with E-state index >= 15 is 0 Å². The fraction of sp³-hybridized carbons (Fsp3) is 0.303. The molecule has 3 heterocycles. The molecular formula is C33H32N2O8S. The number of aliphatic hydroxyl groups excluding tert-OH is 1. The molecule has 0 spiro atoms. The van der Waals surface area contributed by atoms with Gasteiger partial charge in [-0.05, 0) is 74.4 Å². The molecule has 6 rings (SSSR count). The molecule has 1 aromatic heterocycles. The predicted octanol–water partition coefficient (Wildman–Crippen LogP) is 6.28. The Morgan fingerprint density at radius 3 is 2.50 bits per heavy atom. The lowest BCUT2D eigenvalue weighted by atomic mass is 9.95. The zero-order valence-corrected chi connectivity index (χ0v) is 25.4. The fourth-order valence-electron chi connectivity index (χ4n) is 5.24. The van der Waals surface area contributed by atoms with Crippen LogP contribution in [0.1, 0.15) is 44.4 Å². The van der Waals surface area contributed by atoms with Gasteiger partial charge < -0.3 is 28.8 Å². The highest BCUT2D eigenvalue weighted by molar-refractivity contribution is 7.22. The average Bonchev–Trinajstić information content (AvgIpc) is 3.57. The van der Waals surface area contributed by atoms with Crippen molar-refractivity contribution in [1.82, 2.24) is 4.98 Å². The molecule has 1 unspecified atom stereocenters. The number of Topliss-reactive ketones (excluding diaryl/α,β-unsaturated/α-hetero) is 1. The average molecular weight is 617 g/mol. The Labute approximate surface area is 258 Å². The number of amides is 1. The van der Waals surface area contributed by atoms with Crippen LogP contribution in [0.5, 0.6) is 28.7 Å².